The van der Waals surface area contributed by atoms with Gasteiger partial charge in [-0.15, -0.1) is 0 Å². The molecule has 0 aromatic heterocycles. The van der Waals surface area contributed by atoms with E-state index in [-0.39, 0.29) is 23.3 Å². The predicted octanol–water partition coefficient (Wildman–Crippen LogP) is -0.635. The lowest BCUT2D eigenvalue weighted by Crippen LogP contribution is -2.47. The van der Waals surface area contributed by atoms with Crippen LogP contribution >= 0.6 is 0 Å². The Balaban J connectivity index is 1.95. The van der Waals surface area contributed by atoms with Gasteiger partial charge in [-0.3, -0.25) is 9.59 Å². The van der Waals surface area contributed by atoms with E-state index in [4.69, 9.17) is 5.73 Å². The molecule has 2 N–H and O–H groups in total. The molecule has 0 saturated carbocycles. The smallest absolute Gasteiger partial charge is 0.266 e. The van der Waals surface area contributed by atoms with Crippen molar-refractivity contribution in [1.82, 2.24) is 14.7 Å². The first-order valence-electron chi connectivity index (χ1n) is 7.64. The Hall–Kier alpha value is -2.07. The Kier molecular flexibility index (Phi) is 5.39. The summed E-state index contributed by atoms with van der Waals surface area (Å²) < 4.78 is 0. The second-order valence-electron chi connectivity index (χ2n) is 5.96. The van der Waals surface area contributed by atoms with Crippen LogP contribution in [0.3, 0.4) is 0 Å². The maximum Gasteiger partial charge on any atom is 0.266 e. The van der Waals surface area contributed by atoms with Crippen molar-refractivity contribution >= 4 is 11.8 Å². The molecule has 120 valence electrons. The summed E-state index contributed by atoms with van der Waals surface area (Å²) in [5, 5.41) is 9.27. The van der Waals surface area contributed by atoms with Crippen LogP contribution in [0.1, 0.15) is 12.8 Å². The summed E-state index contributed by atoms with van der Waals surface area (Å²) in [5.74, 6) is -0.561. The molecule has 0 aromatic carbocycles. The minimum atomic E-state index is -0.266. The van der Waals surface area contributed by atoms with Crippen molar-refractivity contribution in [3.63, 3.8) is 0 Å². The van der Waals surface area contributed by atoms with Crippen molar-refractivity contribution in [2.45, 2.75) is 12.8 Å². The highest BCUT2D eigenvalue weighted by molar-refractivity contribution is 5.97. The van der Waals surface area contributed by atoms with Crippen molar-refractivity contribution < 1.29 is 9.59 Å². The number of carbonyl (C=O) groups excluding carboxylic acids is 2. The first-order valence-corrected chi connectivity index (χ1v) is 7.64. The summed E-state index contributed by atoms with van der Waals surface area (Å²) in [6.07, 6.45) is 2.98. The van der Waals surface area contributed by atoms with Gasteiger partial charge in [-0.05, 0) is 19.9 Å². The number of amides is 2. The first kappa shape index (κ1) is 16.3. The number of primary amides is 1. The van der Waals surface area contributed by atoms with Crippen LogP contribution in [0.2, 0.25) is 0 Å². The van der Waals surface area contributed by atoms with E-state index in [2.05, 4.69) is 4.90 Å². The van der Waals surface area contributed by atoms with E-state index in [1.165, 1.54) is 0 Å². The number of rotatable bonds is 3. The lowest BCUT2D eigenvalue weighted by atomic mass is 9.96. The molecule has 2 aliphatic rings. The van der Waals surface area contributed by atoms with Gasteiger partial charge in [0.1, 0.15) is 11.6 Å². The largest absolute Gasteiger partial charge is 0.376 e. The number of hydrogen-bond donors (Lipinski definition) is 1. The predicted molar refractivity (Wildman–Crippen MR) is 81.3 cm³/mol. The van der Waals surface area contributed by atoms with E-state index >= 15 is 0 Å². The van der Waals surface area contributed by atoms with Crippen molar-refractivity contribution in [2.24, 2.45) is 11.7 Å². The van der Waals surface area contributed by atoms with Gasteiger partial charge < -0.3 is 20.4 Å². The third-order valence-corrected chi connectivity index (χ3v) is 4.38. The van der Waals surface area contributed by atoms with Gasteiger partial charge in [0.05, 0.1) is 0 Å². The molecule has 0 unspecified atom stereocenters. The fraction of sp³-hybridized carbons (Fsp3) is 0.667. The summed E-state index contributed by atoms with van der Waals surface area (Å²) in [4.78, 5) is 29.4. The van der Waals surface area contributed by atoms with Crippen LogP contribution < -0.4 is 5.73 Å². The zero-order valence-corrected chi connectivity index (χ0v) is 13.0. The molecule has 0 radical (unpaired) electrons. The number of carbonyl (C=O) groups is 2. The molecule has 0 bridgehead atoms. The summed E-state index contributed by atoms with van der Waals surface area (Å²) in [6, 6.07) is 2.01. The van der Waals surface area contributed by atoms with Gasteiger partial charge in [0.15, 0.2) is 0 Å². The van der Waals surface area contributed by atoms with Gasteiger partial charge in [0.25, 0.3) is 5.91 Å². The van der Waals surface area contributed by atoms with Crippen molar-refractivity contribution in [3.05, 3.63) is 11.8 Å². The van der Waals surface area contributed by atoms with Gasteiger partial charge in [0, 0.05) is 51.4 Å². The van der Waals surface area contributed by atoms with Crippen LogP contribution in [0.25, 0.3) is 0 Å². The number of nitrogens with zero attached hydrogens (tertiary/aromatic N) is 4. The summed E-state index contributed by atoms with van der Waals surface area (Å²) >= 11 is 0. The number of nitrogens with two attached hydrogens (primary N) is 1. The van der Waals surface area contributed by atoms with E-state index in [1.807, 2.05) is 18.0 Å². The SMILES string of the molecule is CN1CCN(C(=O)/C(C#N)=C\N2CCC(C(N)=O)CC2)CC1. The van der Waals surface area contributed by atoms with Crippen molar-refractivity contribution in [1.29, 1.82) is 5.26 Å². The first-order chi connectivity index (χ1) is 10.5. The minimum Gasteiger partial charge on any atom is -0.376 e. The molecule has 0 aliphatic carbocycles. The van der Waals surface area contributed by atoms with Crippen LogP contribution in [-0.2, 0) is 9.59 Å². The average Bonchev–Trinajstić information content (AvgIpc) is 2.53. The lowest BCUT2D eigenvalue weighted by molar-refractivity contribution is -0.128. The molecule has 0 spiro atoms. The van der Waals surface area contributed by atoms with Crippen LogP contribution in [0.4, 0.5) is 0 Å². The second kappa shape index (κ2) is 7.27. The molecule has 7 nitrogen and oxygen atoms in total. The van der Waals surface area contributed by atoms with E-state index in [0.717, 1.165) is 13.1 Å². The van der Waals surface area contributed by atoms with E-state index < -0.39 is 0 Å². The number of nitriles is 1. The van der Waals surface area contributed by atoms with Crippen LogP contribution in [0.15, 0.2) is 11.8 Å². The molecular formula is C15H23N5O2. The summed E-state index contributed by atoms with van der Waals surface area (Å²) in [6.45, 7) is 4.25. The fourth-order valence-corrected chi connectivity index (χ4v) is 2.81. The third-order valence-electron chi connectivity index (χ3n) is 4.38. The van der Waals surface area contributed by atoms with Crippen molar-refractivity contribution in [2.75, 3.05) is 46.3 Å². The Bertz CT molecular complexity index is 495. The molecule has 7 heteroatoms. The second-order valence-corrected chi connectivity index (χ2v) is 5.96. The quantitative estimate of drug-likeness (QED) is 0.553. The average molecular weight is 305 g/mol. The standard InChI is InChI=1S/C15H23N5O2/c1-18-6-8-20(9-7-18)15(22)13(10-16)11-19-4-2-12(3-5-19)14(17)21/h11-12H,2-9H2,1H3,(H2,17,21)/b13-11-. The van der Waals surface area contributed by atoms with E-state index in [9.17, 15) is 14.9 Å². The molecule has 2 aliphatic heterocycles. The summed E-state index contributed by atoms with van der Waals surface area (Å²) in [5.41, 5.74) is 5.48. The van der Waals surface area contributed by atoms with Crippen molar-refractivity contribution in [3.8, 4) is 6.07 Å². The fourth-order valence-electron chi connectivity index (χ4n) is 2.81. The molecule has 0 aromatic rings. The molecule has 2 heterocycles. The molecule has 22 heavy (non-hydrogen) atoms. The maximum atomic E-state index is 12.4. The van der Waals surface area contributed by atoms with Gasteiger partial charge in [-0.1, -0.05) is 0 Å². The number of hydrogen-bond acceptors (Lipinski definition) is 5. The Labute approximate surface area is 130 Å². The third kappa shape index (κ3) is 3.98. The normalized spacial score (nSPS) is 21.5. The number of piperidine rings is 1. The monoisotopic (exact) mass is 305 g/mol. The molecule has 2 fully saturated rings. The van der Waals surface area contributed by atoms with Gasteiger partial charge in [-0.25, -0.2) is 0 Å². The maximum absolute atomic E-state index is 12.4. The van der Waals surface area contributed by atoms with Gasteiger partial charge in [0.2, 0.25) is 5.91 Å². The van der Waals surface area contributed by atoms with E-state index in [1.54, 1.807) is 11.1 Å². The number of likely N-dealkylation sites (tertiary alicyclic amines) is 1. The van der Waals surface area contributed by atoms with Crippen LogP contribution in [-0.4, -0.2) is 72.8 Å². The molecule has 2 rings (SSSR count). The topological polar surface area (TPSA) is 93.7 Å². The molecular weight excluding hydrogens is 282 g/mol. The molecule has 2 amide bonds. The van der Waals surface area contributed by atoms with Crippen LogP contribution in [0.5, 0.6) is 0 Å². The highest BCUT2D eigenvalue weighted by atomic mass is 16.2. The minimum absolute atomic E-state index is 0.0940. The summed E-state index contributed by atoms with van der Waals surface area (Å²) in [7, 11) is 2.02. The lowest BCUT2D eigenvalue weighted by Gasteiger charge is -2.33. The molecule has 0 atom stereocenters. The zero-order valence-electron chi connectivity index (χ0n) is 13.0. The highest BCUT2D eigenvalue weighted by Crippen LogP contribution is 2.18. The Morgan fingerprint density at radius 3 is 2.23 bits per heavy atom. The number of likely N-dealkylation sites (N-methyl/N-ethyl adjacent to an activating group) is 1. The van der Waals surface area contributed by atoms with E-state index in [0.29, 0.717) is 39.0 Å². The van der Waals surface area contributed by atoms with Crippen LogP contribution in [0, 0.1) is 17.2 Å². The molecule has 2 saturated heterocycles. The van der Waals surface area contributed by atoms with Gasteiger partial charge >= 0.3 is 0 Å². The zero-order chi connectivity index (χ0) is 16.1. The van der Waals surface area contributed by atoms with Gasteiger partial charge in [-0.2, -0.15) is 5.26 Å². The Morgan fingerprint density at radius 2 is 1.73 bits per heavy atom. The highest BCUT2D eigenvalue weighted by Gasteiger charge is 2.25. The Morgan fingerprint density at radius 1 is 1.14 bits per heavy atom. The number of piperazine rings is 1.